The highest BCUT2D eigenvalue weighted by atomic mass is 16.2. The lowest BCUT2D eigenvalue weighted by Crippen LogP contribution is -2.54. The van der Waals surface area contributed by atoms with Gasteiger partial charge in [-0.25, -0.2) is 4.98 Å². The number of rotatable bonds is 3. The molecule has 0 N–H and O–H groups in total. The Hall–Kier alpha value is -2.95. The summed E-state index contributed by atoms with van der Waals surface area (Å²) >= 11 is 0. The lowest BCUT2D eigenvalue weighted by Gasteiger charge is -2.40. The first-order valence-electron chi connectivity index (χ1n) is 8.85. The maximum absolute atomic E-state index is 12.4. The van der Waals surface area contributed by atoms with Crippen LogP contribution in [0.25, 0.3) is 16.1 Å². The molecule has 2 aromatic heterocycles. The van der Waals surface area contributed by atoms with Gasteiger partial charge in [-0.2, -0.15) is 5.10 Å². The summed E-state index contributed by atoms with van der Waals surface area (Å²) < 4.78 is 1.68. The van der Waals surface area contributed by atoms with Crippen molar-refractivity contribution in [3.05, 3.63) is 30.0 Å². The van der Waals surface area contributed by atoms with Crippen molar-refractivity contribution in [1.29, 1.82) is 0 Å². The molecular weight excluding hydrogens is 330 g/mol. The molecule has 3 heterocycles. The lowest BCUT2D eigenvalue weighted by molar-refractivity contribution is -0.134. The molecule has 2 aromatic rings. The van der Waals surface area contributed by atoms with Gasteiger partial charge >= 0.3 is 0 Å². The Labute approximate surface area is 152 Å². The van der Waals surface area contributed by atoms with Gasteiger partial charge < -0.3 is 14.6 Å². The van der Waals surface area contributed by atoms with Crippen LogP contribution in [0.4, 0.5) is 11.6 Å². The standard InChI is InChI=1S/C18H21N7O/c1-12-10-24(6-7-25(12)18(26)13-4-5-13)15-9-20-17(19-2)16(22-15)14-8-21-23(3)11-14/h8-9,11-13H,4-7,10H2,1,3H3/t12-/m1/s1. The highest BCUT2D eigenvalue weighted by molar-refractivity contribution is 5.81. The van der Waals surface area contributed by atoms with Crippen LogP contribution in [-0.2, 0) is 11.8 Å². The number of carbonyl (C=O) groups is 1. The fourth-order valence-electron chi connectivity index (χ4n) is 3.40. The number of aromatic nitrogens is 4. The van der Waals surface area contributed by atoms with E-state index in [9.17, 15) is 4.79 Å². The van der Waals surface area contributed by atoms with Gasteiger partial charge in [0.2, 0.25) is 5.91 Å². The van der Waals surface area contributed by atoms with Gasteiger partial charge in [-0.3, -0.25) is 9.48 Å². The summed E-state index contributed by atoms with van der Waals surface area (Å²) in [5.74, 6) is 1.56. The van der Waals surface area contributed by atoms with Gasteiger partial charge in [-0.15, -0.1) is 4.98 Å². The largest absolute Gasteiger partial charge is 0.359 e. The summed E-state index contributed by atoms with van der Waals surface area (Å²) in [6, 6.07) is 0.140. The fourth-order valence-corrected chi connectivity index (χ4v) is 3.40. The molecule has 0 aromatic carbocycles. The molecule has 1 aliphatic carbocycles. The van der Waals surface area contributed by atoms with Crippen LogP contribution in [0.15, 0.2) is 18.6 Å². The Morgan fingerprint density at radius 2 is 2.12 bits per heavy atom. The molecule has 1 amide bonds. The second-order valence-electron chi connectivity index (χ2n) is 7.02. The third-order valence-corrected chi connectivity index (χ3v) is 4.99. The molecule has 0 spiro atoms. The van der Waals surface area contributed by atoms with Gasteiger partial charge in [-0.05, 0) is 19.8 Å². The minimum Gasteiger partial charge on any atom is -0.359 e. The van der Waals surface area contributed by atoms with Crippen molar-refractivity contribution < 1.29 is 4.79 Å². The van der Waals surface area contributed by atoms with Crippen molar-refractivity contribution >= 4 is 17.5 Å². The monoisotopic (exact) mass is 351 g/mol. The zero-order valence-corrected chi connectivity index (χ0v) is 15.0. The van der Waals surface area contributed by atoms with Crippen LogP contribution in [-0.4, -0.2) is 56.2 Å². The molecule has 26 heavy (non-hydrogen) atoms. The SMILES string of the molecule is [C-]#[N+]c1ncc(N2CCN(C(=O)C3CC3)[C@H](C)C2)nc1-c1cnn(C)c1. The zero-order valence-electron chi connectivity index (χ0n) is 15.0. The fraction of sp³-hybridized carbons (Fsp3) is 0.500. The molecule has 8 nitrogen and oxygen atoms in total. The Kier molecular flexibility index (Phi) is 4.07. The quantitative estimate of drug-likeness (QED) is 0.790. The van der Waals surface area contributed by atoms with Crippen molar-refractivity contribution in [3.8, 4) is 11.3 Å². The molecule has 1 saturated heterocycles. The molecule has 1 aliphatic heterocycles. The van der Waals surface area contributed by atoms with Crippen LogP contribution in [0.5, 0.6) is 0 Å². The van der Waals surface area contributed by atoms with E-state index in [1.165, 1.54) is 0 Å². The van der Waals surface area contributed by atoms with E-state index in [1.54, 1.807) is 17.1 Å². The minimum absolute atomic E-state index is 0.140. The van der Waals surface area contributed by atoms with E-state index in [-0.39, 0.29) is 17.8 Å². The molecule has 1 saturated carbocycles. The molecule has 2 fully saturated rings. The first-order valence-corrected chi connectivity index (χ1v) is 8.85. The van der Waals surface area contributed by atoms with Crippen LogP contribution < -0.4 is 4.90 Å². The van der Waals surface area contributed by atoms with Crippen LogP contribution in [0, 0.1) is 12.5 Å². The third-order valence-electron chi connectivity index (χ3n) is 4.99. The van der Waals surface area contributed by atoms with E-state index in [4.69, 9.17) is 11.6 Å². The maximum atomic E-state index is 12.4. The highest BCUT2D eigenvalue weighted by Crippen LogP contribution is 2.33. The number of carbonyl (C=O) groups excluding carboxylic acids is 1. The van der Waals surface area contributed by atoms with Crippen molar-refractivity contribution in [2.45, 2.75) is 25.8 Å². The molecule has 0 bridgehead atoms. The van der Waals surface area contributed by atoms with Gasteiger partial charge in [0.1, 0.15) is 5.69 Å². The van der Waals surface area contributed by atoms with E-state index < -0.39 is 0 Å². The average Bonchev–Trinajstić information content (AvgIpc) is 3.41. The number of piperazine rings is 1. The Balaban J connectivity index is 1.57. The molecule has 1 atom stereocenters. The zero-order chi connectivity index (χ0) is 18.3. The summed E-state index contributed by atoms with van der Waals surface area (Å²) in [4.78, 5) is 29.0. The molecule has 8 heteroatoms. The third kappa shape index (κ3) is 3.01. The van der Waals surface area contributed by atoms with E-state index in [2.05, 4.69) is 26.8 Å². The van der Waals surface area contributed by atoms with Gasteiger partial charge in [0.05, 0.1) is 6.20 Å². The van der Waals surface area contributed by atoms with Crippen molar-refractivity contribution in [1.82, 2.24) is 24.6 Å². The molecule has 0 radical (unpaired) electrons. The molecule has 4 rings (SSSR count). The molecule has 2 aliphatic rings. The second-order valence-corrected chi connectivity index (χ2v) is 7.02. The second kappa shape index (κ2) is 6.41. The normalized spacial score (nSPS) is 20.1. The summed E-state index contributed by atoms with van der Waals surface area (Å²) in [6.07, 6.45) is 7.24. The smallest absolute Gasteiger partial charge is 0.296 e. The van der Waals surface area contributed by atoms with E-state index in [0.717, 1.165) is 37.3 Å². The predicted octanol–water partition coefficient (Wildman–Crippen LogP) is 1.87. The van der Waals surface area contributed by atoms with E-state index in [1.807, 2.05) is 18.1 Å². The van der Waals surface area contributed by atoms with Crippen LogP contribution in [0.1, 0.15) is 19.8 Å². The van der Waals surface area contributed by atoms with Crippen molar-refractivity contribution in [2.75, 3.05) is 24.5 Å². The van der Waals surface area contributed by atoms with Crippen molar-refractivity contribution in [3.63, 3.8) is 0 Å². The number of hydrogen-bond donors (Lipinski definition) is 0. The summed E-state index contributed by atoms with van der Waals surface area (Å²) in [6.45, 7) is 11.6. The summed E-state index contributed by atoms with van der Waals surface area (Å²) in [7, 11) is 1.83. The summed E-state index contributed by atoms with van der Waals surface area (Å²) in [5.41, 5.74) is 1.33. The Bertz CT molecular complexity index is 880. The minimum atomic E-state index is 0.140. The number of aryl methyl sites for hydroxylation is 1. The molecule has 134 valence electrons. The predicted molar refractivity (Wildman–Crippen MR) is 96.6 cm³/mol. The lowest BCUT2D eigenvalue weighted by atomic mass is 10.1. The van der Waals surface area contributed by atoms with Gasteiger partial charge in [-0.1, -0.05) is 6.57 Å². The first-order chi connectivity index (χ1) is 12.6. The number of nitrogens with zero attached hydrogens (tertiary/aromatic N) is 7. The Morgan fingerprint density at radius 3 is 2.73 bits per heavy atom. The van der Waals surface area contributed by atoms with Crippen LogP contribution >= 0.6 is 0 Å². The van der Waals surface area contributed by atoms with Gasteiger partial charge in [0.15, 0.2) is 12.0 Å². The number of amides is 1. The van der Waals surface area contributed by atoms with E-state index in [0.29, 0.717) is 18.1 Å². The number of hydrogen-bond acceptors (Lipinski definition) is 5. The Morgan fingerprint density at radius 1 is 1.31 bits per heavy atom. The van der Waals surface area contributed by atoms with E-state index >= 15 is 0 Å². The maximum Gasteiger partial charge on any atom is 0.296 e. The van der Waals surface area contributed by atoms with Gasteiger partial charge in [0, 0.05) is 50.4 Å². The van der Waals surface area contributed by atoms with Crippen molar-refractivity contribution in [2.24, 2.45) is 13.0 Å². The first kappa shape index (κ1) is 16.5. The van der Waals surface area contributed by atoms with Crippen LogP contribution in [0.3, 0.4) is 0 Å². The number of anilines is 1. The average molecular weight is 351 g/mol. The van der Waals surface area contributed by atoms with Crippen LogP contribution in [0.2, 0.25) is 0 Å². The molecule has 0 unspecified atom stereocenters. The molecular formula is C18H21N7O. The highest BCUT2D eigenvalue weighted by Gasteiger charge is 2.37. The topological polar surface area (TPSA) is 71.5 Å². The van der Waals surface area contributed by atoms with Gasteiger partial charge in [0.25, 0.3) is 5.82 Å². The summed E-state index contributed by atoms with van der Waals surface area (Å²) in [5, 5.41) is 4.16.